The zero-order chi connectivity index (χ0) is 23.2. The summed E-state index contributed by atoms with van der Waals surface area (Å²) in [5, 5.41) is 2.91. The summed E-state index contributed by atoms with van der Waals surface area (Å²) in [5.41, 5.74) is 3.60. The molecule has 1 aliphatic rings. The van der Waals surface area contributed by atoms with Crippen LogP contribution in [0.15, 0.2) is 53.1 Å². The Bertz CT molecular complexity index is 1440. The molecular weight excluding hydrogens is 440 g/mol. The number of sulfone groups is 1. The van der Waals surface area contributed by atoms with E-state index in [1.807, 2.05) is 41.8 Å². The number of imidazole rings is 1. The van der Waals surface area contributed by atoms with E-state index >= 15 is 0 Å². The quantitative estimate of drug-likeness (QED) is 0.475. The minimum Gasteiger partial charge on any atom is -0.463 e. The van der Waals surface area contributed by atoms with Crippen LogP contribution in [0.25, 0.3) is 22.5 Å². The first-order valence-electron chi connectivity index (χ1n) is 10.9. The van der Waals surface area contributed by atoms with E-state index in [0.717, 1.165) is 6.42 Å². The maximum Gasteiger partial charge on any atom is 0.276 e. The average Bonchev–Trinajstić information content (AvgIpc) is 3.51. The first kappa shape index (κ1) is 21.4. The third-order valence-electron chi connectivity index (χ3n) is 6.04. The van der Waals surface area contributed by atoms with Crippen molar-refractivity contribution in [1.82, 2.24) is 14.5 Å². The van der Waals surface area contributed by atoms with Crippen LogP contribution in [0.1, 0.15) is 41.3 Å². The summed E-state index contributed by atoms with van der Waals surface area (Å²) in [7, 11) is -3.10. The normalized spacial score (nSPS) is 17.5. The SMILES string of the molecule is CCc1ccc(NC(=O)c2nc(-c3ccco3)cc3c2nc(C)n3C2CCS(=O)(=O)C2)cc1. The van der Waals surface area contributed by atoms with Crippen LogP contribution in [0.3, 0.4) is 0 Å². The lowest BCUT2D eigenvalue weighted by Gasteiger charge is -2.14. The molecule has 0 radical (unpaired) electrons. The largest absolute Gasteiger partial charge is 0.463 e. The van der Waals surface area contributed by atoms with E-state index in [2.05, 4.69) is 22.2 Å². The molecule has 0 saturated carbocycles. The number of aryl methyl sites for hydroxylation is 2. The maximum atomic E-state index is 13.3. The van der Waals surface area contributed by atoms with Crippen LogP contribution in [0.4, 0.5) is 5.69 Å². The summed E-state index contributed by atoms with van der Waals surface area (Å²) in [6.45, 7) is 3.89. The number of carbonyl (C=O) groups excluding carboxylic acids is 1. The molecule has 1 unspecified atom stereocenters. The molecule has 9 heteroatoms. The Hall–Kier alpha value is -3.46. The number of nitrogens with zero attached hydrogens (tertiary/aromatic N) is 3. The Balaban J connectivity index is 1.62. The minimum atomic E-state index is -3.10. The molecule has 1 N–H and O–H groups in total. The molecule has 5 rings (SSSR count). The van der Waals surface area contributed by atoms with Gasteiger partial charge in [-0.05, 0) is 55.7 Å². The van der Waals surface area contributed by atoms with Crippen LogP contribution in [0.2, 0.25) is 0 Å². The van der Waals surface area contributed by atoms with E-state index in [1.54, 1.807) is 18.4 Å². The third-order valence-corrected chi connectivity index (χ3v) is 7.79. The van der Waals surface area contributed by atoms with Crippen molar-refractivity contribution in [3.63, 3.8) is 0 Å². The van der Waals surface area contributed by atoms with Gasteiger partial charge in [0.2, 0.25) is 0 Å². The van der Waals surface area contributed by atoms with Crippen LogP contribution < -0.4 is 5.32 Å². The first-order chi connectivity index (χ1) is 15.8. The van der Waals surface area contributed by atoms with E-state index in [0.29, 0.717) is 40.4 Å². The molecule has 1 saturated heterocycles. The van der Waals surface area contributed by atoms with Crippen LogP contribution in [-0.2, 0) is 16.3 Å². The molecular formula is C24H24N4O4S. The lowest BCUT2D eigenvalue weighted by Crippen LogP contribution is -2.15. The van der Waals surface area contributed by atoms with Crippen molar-refractivity contribution in [2.75, 3.05) is 16.8 Å². The number of fused-ring (bicyclic) bond motifs is 1. The first-order valence-corrected chi connectivity index (χ1v) is 12.7. The van der Waals surface area contributed by atoms with Crippen molar-refractivity contribution >= 4 is 32.5 Å². The standard InChI is InChI=1S/C24H24N4O4S/c1-3-16-6-8-17(9-7-16)26-24(29)23-22-20(13-19(27-23)21-5-4-11-32-21)28(15(2)25-22)18-10-12-33(30,31)14-18/h4-9,11,13,18H,3,10,12,14H2,1-2H3,(H,26,29). The van der Waals surface area contributed by atoms with E-state index in [1.165, 1.54) is 5.56 Å². The van der Waals surface area contributed by atoms with Gasteiger partial charge in [0.25, 0.3) is 5.91 Å². The highest BCUT2D eigenvalue weighted by atomic mass is 32.2. The van der Waals surface area contributed by atoms with Gasteiger partial charge in [-0.1, -0.05) is 19.1 Å². The van der Waals surface area contributed by atoms with Crippen LogP contribution in [0.5, 0.6) is 0 Å². The summed E-state index contributed by atoms with van der Waals surface area (Å²) < 4.78 is 31.7. The molecule has 4 heterocycles. The van der Waals surface area contributed by atoms with Crippen molar-refractivity contribution in [2.24, 2.45) is 0 Å². The van der Waals surface area contributed by atoms with Crippen molar-refractivity contribution < 1.29 is 17.6 Å². The molecule has 1 aromatic carbocycles. The number of anilines is 1. The molecule has 3 aromatic heterocycles. The number of hydrogen-bond donors (Lipinski definition) is 1. The third kappa shape index (κ3) is 4.04. The number of pyridine rings is 1. The molecule has 1 fully saturated rings. The molecule has 1 atom stereocenters. The number of rotatable bonds is 5. The summed E-state index contributed by atoms with van der Waals surface area (Å²) in [4.78, 5) is 22.5. The van der Waals surface area contributed by atoms with Gasteiger partial charge in [-0.15, -0.1) is 0 Å². The molecule has 0 aliphatic carbocycles. The maximum absolute atomic E-state index is 13.3. The Morgan fingerprint density at radius 3 is 2.64 bits per heavy atom. The zero-order valence-corrected chi connectivity index (χ0v) is 19.2. The van der Waals surface area contributed by atoms with Crippen molar-refractivity contribution in [3.05, 3.63) is 65.8 Å². The highest BCUT2D eigenvalue weighted by molar-refractivity contribution is 7.91. The number of carbonyl (C=O) groups is 1. The lowest BCUT2D eigenvalue weighted by atomic mass is 10.1. The van der Waals surface area contributed by atoms with Gasteiger partial charge in [-0.25, -0.2) is 18.4 Å². The fraction of sp³-hybridized carbons (Fsp3) is 0.292. The Kier molecular flexibility index (Phi) is 5.28. The van der Waals surface area contributed by atoms with Gasteiger partial charge in [0, 0.05) is 5.69 Å². The molecule has 1 aliphatic heterocycles. The predicted octanol–water partition coefficient (Wildman–Crippen LogP) is 4.17. The number of aromatic nitrogens is 3. The summed E-state index contributed by atoms with van der Waals surface area (Å²) in [5.74, 6) is 0.979. The van der Waals surface area contributed by atoms with Gasteiger partial charge in [-0.3, -0.25) is 4.79 Å². The molecule has 1 amide bonds. The second kappa shape index (κ2) is 8.15. The summed E-state index contributed by atoms with van der Waals surface area (Å²) >= 11 is 0. The molecule has 8 nitrogen and oxygen atoms in total. The zero-order valence-electron chi connectivity index (χ0n) is 18.4. The van der Waals surface area contributed by atoms with Crippen molar-refractivity contribution in [3.8, 4) is 11.5 Å². The molecule has 33 heavy (non-hydrogen) atoms. The van der Waals surface area contributed by atoms with E-state index in [-0.39, 0.29) is 29.1 Å². The van der Waals surface area contributed by atoms with E-state index < -0.39 is 9.84 Å². The number of hydrogen-bond acceptors (Lipinski definition) is 6. The van der Waals surface area contributed by atoms with Crippen LogP contribution >= 0.6 is 0 Å². The minimum absolute atomic E-state index is 0.0585. The molecule has 0 spiro atoms. The monoisotopic (exact) mass is 464 g/mol. The average molecular weight is 465 g/mol. The smallest absolute Gasteiger partial charge is 0.276 e. The number of benzene rings is 1. The molecule has 4 aromatic rings. The number of amides is 1. The van der Waals surface area contributed by atoms with Gasteiger partial charge in [0.15, 0.2) is 21.3 Å². The topological polar surface area (TPSA) is 107 Å². The lowest BCUT2D eigenvalue weighted by molar-refractivity contribution is 0.102. The second-order valence-corrected chi connectivity index (χ2v) is 10.5. The highest BCUT2D eigenvalue weighted by Crippen LogP contribution is 2.32. The predicted molar refractivity (Wildman–Crippen MR) is 126 cm³/mol. The van der Waals surface area contributed by atoms with Gasteiger partial charge in [-0.2, -0.15) is 0 Å². The summed E-state index contributed by atoms with van der Waals surface area (Å²) in [6, 6.07) is 12.8. The van der Waals surface area contributed by atoms with Crippen molar-refractivity contribution in [1.29, 1.82) is 0 Å². The van der Waals surface area contributed by atoms with Gasteiger partial charge < -0.3 is 14.3 Å². The van der Waals surface area contributed by atoms with Gasteiger partial charge in [0.05, 0.1) is 29.3 Å². The fourth-order valence-electron chi connectivity index (χ4n) is 4.37. The Morgan fingerprint density at radius 1 is 1.21 bits per heavy atom. The van der Waals surface area contributed by atoms with E-state index in [4.69, 9.17) is 4.42 Å². The molecule has 170 valence electrons. The number of furan rings is 1. The fourth-order valence-corrected chi connectivity index (χ4v) is 6.07. The Morgan fingerprint density at radius 2 is 2.00 bits per heavy atom. The Labute approximate surface area is 191 Å². The highest BCUT2D eigenvalue weighted by Gasteiger charge is 2.32. The van der Waals surface area contributed by atoms with Gasteiger partial charge in [0.1, 0.15) is 17.0 Å². The van der Waals surface area contributed by atoms with Gasteiger partial charge >= 0.3 is 0 Å². The summed E-state index contributed by atoms with van der Waals surface area (Å²) in [6.07, 6.45) is 2.97. The molecule has 0 bridgehead atoms. The van der Waals surface area contributed by atoms with E-state index in [9.17, 15) is 13.2 Å². The van der Waals surface area contributed by atoms with Crippen molar-refractivity contribution in [2.45, 2.75) is 32.7 Å². The van der Waals surface area contributed by atoms with Crippen LogP contribution in [-0.4, -0.2) is 40.4 Å². The van der Waals surface area contributed by atoms with Crippen LogP contribution in [0, 0.1) is 6.92 Å². The number of nitrogens with one attached hydrogen (secondary N) is 1. The second-order valence-electron chi connectivity index (χ2n) is 8.29.